The number of thioether (sulfide) groups is 1. The van der Waals surface area contributed by atoms with Crippen LogP contribution in [0.3, 0.4) is 0 Å². The van der Waals surface area contributed by atoms with Crippen molar-refractivity contribution < 1.29 is 28.8 Å². The average molecular weight is 568 g/mol. The van der Waals surface area contributed by atoms with Gasteiger partial charge in [0.25, 0.3) is 22.7 Å². The number of nitro groups is 1. The Hall–Kier alpha value is -4.35. The number of anilines is 1. The Morgan fingerprint density at radius 1 is 1.08 bits per heavy atom. The van der Waals surface area contributed by atoms with E-state index >= 15 is 0 Å². The van der Waals surface area contributed by atoms with Gasteiger partial charge < -0.3 is 14.8 Å². The molecule has 12 heteroatoms. The van der Waals surface area contributed by atoms with Crippen molar-refractivity contribution >= 4 is 57.9 Å². The first kappa shape index (κ1) is 27.7. The molecule has 3 aromatic carbocycles. The van der Waals surface area contributed by atoms with Gasteiger partial charge >= 0.3 is 0 Å². The molecule has 0 radical (unpaired) electrons. The number of hydrogen-bond acceptors (Lipinski definition) is 8. The number of benzene rings is 3. The van der Waals surface area contributed by atoms with Crippen molar-refractivity contribution in [3.05, 3.63) is 97.9 Å². The SMILES string of the molecule is CCOc1cc(/C=C2/SC(=O)N(Cc3ccccc3[N+](=O)[O-])C2=O)ccc1OCC(=O)Nc1cccc(Cl)c1. The zero-order valence-electron chi connectivity index (χ0n) is 20.6. The summed E-state index contributed by atoms with van der Waals surface area (Å²) in [6.45, 7) is 1.61. The maximum Gasteiger partial charge on any atom is 0.293 e. The predicted octanol–water partition coefficient (Wildman–Crippen LogP) is 5.90. The normalized spacial score (nSPS) is 14.0. The van der Waals surface area contributed by atoms with Crippen LogP contribution in [0.15, 0.2) is 71.6 Å². The predicted molar refractivity (Wildman–Crippen MR) is 148 cm³/mol. The van der Waals surface area contributed by atoms with E-state index in [9.17, 15) is 24.5 Å². The highest BCUT2D eigenvalue weighted by atomic mass is 35.5. The molecule has 0 spiro atoms. The van der Waals surface area contributed by atoms with Crippen molar-refractivity contribution in [1.82, 2.24) is 4.90 Å². The molecule has 0 atom stereocenters. The van der Waals surface area contributed by atoms with Gasteiger partial charge in [0.05, 0.1) is 23.0 Å². The number of amides is 3. The van der Waals surface area contributed by atoms with Crippen molar-refractivity contribution in [2.45, 2.75) is 13.5 Å². The Labute approximate surface area is 232 Å². The fraction of sp³-hybridized carbons (Fsp3) is 0.148. The molecule has 1 fully saturated rings. The Balaban J connectivity index is 1.46. The van der Waals surface area contributed by atoms with Crippen LogP contribution in [0.5, 0.6) is 11.5 Å². The van der Waals surface area contributed by atoms with E-state index < -0.39 is 22.0 Å². The van der Waals surface area contributed by atoms with Gasteiger partial charge in [0, 0.05) is 22.3 Å². The second-order valence-corrected chi connectivity index (χ2v) is 9.57. The van der Waals surface area contributed by atoms with E-state index in [0.29, 0.717) is 34.4 Å². The summed E-state index contributed by atoms with van der Waals surface area (Å²) in [4.78, 5) is 49.7. The van der Waals surface area contributed by atoms with Crippen molar-refractivity contribution in [2.24, 2.45) is 0 Å². The monoisotopic (exact) mass is 567 g/mol. The number of carbonyl (C=O) groups excluding carboxylic acids is 3. The third-order valence-corrected chi connectivity index (χ3v) is 6.57. The number of rotatable bonds is 10. The van der Waals surface area contributed by atoms with Gasteiger partial charge in [-0.05, 0) is 60.7 Å². The van der Waals surface area contributed by atoms with Crippen molar-refractivity contribution in [1.29, 1.82) is 0 Å². The Bertz CT molecular complexity index is 1480. The van der Waals surface area contributed by atoms with Crippen LogP contribution in [0, 0.1) is 10.1 Å². The number of nitro benzene ring substituents is 1. The summed E-state index contributed by atoms with van der Waals surface area (Å²) >= 11 is 6.68. The zero-order valence-corrected chi connectivity index (χ0v) is 22.2. The molecular formula is C27H22ClN3O7S. The molecule has 0 saturated carbocycles. The van der Waals surface area contributed by atoms with Crippen LogP contribution in [0.25, 0.3) is 6.08 Å². The first-order valence-electron chi connectivity index (χ1n) is 11.7. The summed E-state index contributed by atoms with van der Waals surface area (Å²) in [6, 6.07) is 17.6. The highest BCUT2D eigenvalue weighted by molar-refractivity contribution is 8.18. The van der Waals surface area contributed by atoms with Crippen LogP contribution in [-0.4, -0.2) is 40.1 Å². The van der Waals surface area contributed by atoms with E-state index in [2.05, 4.69) is 5.32 Å². The summed E-state index contributed by atoms with van der Waals surface area (Å²) in [5.74, 6) is -0.282. The maximum atomic E-state index is 13.0. The van der Waals surface area contributed by atoms with Gasteiger partial charge in [-0.1, -0.05) is 41.9 Å². The van der Waals surface area contributed by atoms with Crippen molar-refractivity contribution in [3.63, 3.8) is 0 Å². The molecule has 200 valence electrons. The number of para-hydroxylation sites is 1. The number of imide groups is 1. The fourth-order valence-corrected chi connectivity index (χ4v) is 4.72. The van der Waals surface area contributed by atoms with Gasteiger partial charge in [-0.3, -0.25) is 29.4 Å². The summed E-state index contributed by atoms with van der Waals surface area (Å²) < 4.78 is 11.3. The molecule has 0 aliphatic carbocycles. The van der Waals surface area contributed by atoms with Gasteiger partial charge in [-0.15, -0.1) is 0 Å². The van der Waals surface area contributed by atoms with Gasteiger partial charge in [0.15, 0.2) is 18.1 Å². The molecule has 1 N–H and O–H groups in total. The third kappa shape index (κ3) is 6.95. The number of halogens is 1. The molecule has 0 bridgehead atoms. The zero-order chi connectivity index (χ0) is 27.9. The second-order valence-electron chi connectivity index (χ2n) is 8.14. The lowest BCUT2D eigenvalue weighted by molar-refractivity contribution is -0.385. The van der Waals surface area contributed by atoms with Crippen LogP contribution in [-0.2, 0) is 16.1 Å². The van der Waals surface area contributed by atoms with E-state index in [1.165, 1.54) is 24.3 Å². The number of hydrogen-bond donors (Lipinski definition) is 1. The second kappa shape index (κ2) is 12.5. The van der Waals surface area contributed by atoms with Gasteiger partial charge in [0.2, 0.25) is 0 Å². The average Bonchev–Trinajstić information content (AvgIpc) is 3.16. The van der Waals surface area contributed by atoms with Gasteiger partial charge in [-0.2, -0.15) is 0 Å². The minimum absolute atomic E-state index is 0.163. The number of nitrogens with zero attached hydrogens (tertiary/aromatic N) is 2. The first-order chi connectivity index (χ1) is 18.7. The molecule has 1 heterocycles. The fourth-order valence-electron chi connectivity index (χ4n) is 3.69. The molecule has 39 heavy (non-hydrogen) atoms. The molecule has 3 amide bonds. The summed E-state index contributed by atoms with van der Waals surface area (Å²) in [5.41, 5.74) is 1.18. The highest BCUT2D eigenvalue weighted by Crippen LogP contribution is 2.36. The molecule has 10 nitrogen and oxygen atoms in total. The Morgan fingerprint density at radius 2 is 1.87 bits per heavy atom. The summed E-state index contributed by atoms with van der Waals surface area (Å²) in [7, 11) is 0. The smallest absolute Gasteiger partial charge is 0.293 e. The lowest BCUT2D eigenvalue weighted by Crippen LogP contribution is -2.27. The van der Waals surface area contributed by atoms with E-state index in [4.69, 9.17) is 21.1 Å². The Morgan fingerprint density at radius 3 is 2.62 bits per heavy atom. The lowest BCUT2D eigenvalue weighted by Gasteiger charge is -2.13. The lowest BCUT2D eigenvalue weighted by atomic mass is 10.1. The van der Waals surface area contributed by atoms with E-state index in [-0.39, 0.29) is 29.3 Å². The molecule has 4 rings (SSSR count). The maximum absolute atomic E-state index is 13.0. The first-order valence-corrected chi connectivity index (χ1v) is 12.9. The van der Waals surface area contributed by atoms with E-state index in [1.54, 1.807) is 55.5 Å². The molecule has 1 saturated heterocycles. The van der Waals surface area contributed by atoms with E-state index in [1.807, 2.05) is 0 Å². The molecular weight excluding hydrogens is 546 g/mol. The number of nitrogens with one attached hydrogen (secondary N) is 1. The largest absolute Gasteiger partial charge is 0.490 e. The summed E-state index contributed by atoms with van der Waals surface area (Å²) in [6.07, 6.45) is 1.53. The molecule has 0 unspecified atom stereocenters. The quantitative estimate of drug-likeness (QED) is 0.182. The summed E-state index contributed by atoms with van der Waals surface area (Å²) in [5, 5.41) is 14.0. The molecule has 0 aromatic heterocycles. The van der Waals surface area contributed by atoms with Crippen molar-refractivity contribution in [2.75, 3.05) is 18.5 Å². The molecule has 1 aliphatic heterocycles. The van der Waals surface area contributed by atoms with Crippen LogP contribution in [0.2, 0.25) is 5.02 Å². The van der Waals surface area contributed by atoms with Crippen LogP contribution < -0.4 is 14.8 Å². The topological polar surface area (TPSA) is 128 Å². The minimum Gasteiger partial charge on any atom is -0.490 e. The van der Waals surface area contributed by atoms with Crippen LogP contribution >= 0.6 is 23.4 Å². The van der Waals surface area contributed by atoms with Gasteiger partial charge in [0.1, 0.15) is 0 Å². The highest BCUT2D eigenvalue weighted by Gasteiger charge is 2.36. The standard InChI is InChI=1S/C27H22ClN3O7S/c1-2-37-23-12-17(10-11-22(23)38-16-25(32)29-20-8-5-7-19(28)14-20)13-24-26(33)30(27(34)39-24)15-18-6-3-4-9-21(18)31(35)36/h3-14H,2,15-16H2,1H3,(H,29,32)/b24-13+. The van der Waals surface area contributed by atoms with E-state index in [0.717, 1.165) is 16.7 Å². The minimum atomic E-state index is -0.556. The molecule has 1 aliphatic rings. The van der Waals surface area contributed by atoms with Crippen LogP contribution in [0.4, 0.5) is 16.2 Å². The van der Waals surface area contributed by atoms with Gasteiger partial charge in [-0.25, -0.2) is 0 Å². The van der Waals surface area contributed by atoms with Crippen LogP contribution in [0.1, 0.15) is 18.1 Å². The Kier molecular flexibility index (Phi) is 8.84. The third-order valence-electron chi connectivity index (χ3n) is 5.42. The number of ether oxygens (including phenoxy) is 2. The molecule has 3 aromatic rings. The van der Waals surface area contributed by atoms with Crippen molar-refractivity contribution in [3.8, 4) is 11.5 Å². The number of carbonyl (C=O) groups is 3.